The van der Waals surface area contributed by atoms with Gasteiger partial charge in [-0.05, 0) is 57.7 Å². The largest absolute Gasteiger partial charge is 0.444 e. The van der Waals surface area contributed by atoms with Gasteiger partial charge in [0.2, 0.25) is 0 Å². The molecule has 1 fully saturated rings. The van der Waals surface area contributed by atoms with Gasteiger partial charge < -0.3 is 15.0 Å². The number of benzene rings is 1. The number of nitrogens with zero attached hydrogens (tertiary/aromatic N) is 1. The molecule has 0 aromatic heterocycles. The molecule has 1 saturated heterocycles. The maximum Gasteiger partial charge on any atom is 0.410 e. The molecule has 1 aromatic carbocycles. The Bertz CT molecular complexity index is 528. The van der Waals surface area contributed by atoms with Crippen LogP contribution in [0.4, 0.5) is 4.79 Å². The molecule has 1 aromatic rings. The van der Waals surface area contributed by atoms with Gasteiger partial charge in [-0.15, -0.1) is 0 Å². The molecule has 1 amide bonds. The van der Waals surface area contributed by atoms with E-state index in [0.717, 1.165) is 43.9 Å². The molecule has 1 aliphatic heterocycles. The maximum atomic E-state index is 12.2. The molecule has 1 unspecified atom stereocenters. The number of hydrogen-bond acceptors (Lipinski definition) is 3. The van der Waals surface area contributed by atoms with Crippen molar-refractivity contribution in [3.63, 3.8) is 0 Å². The van der Waals surface area contributed by atoms with Crippen molar-refractivity contribution in [2.24, 2.45) is 0 Å². The first-order chi connectivity index (χ1) is 10.8. The lowest BCUT2D eigenvalue weighted by Gasteiger charge is -2.26. The molecule has 5 heteroatoms. The van der Waals surface area contributed by atoms with Crippen LogP contribution in [0.3, 0.4) is 0 Å². The molecule has 23 heavy (non-hydrogen) atoms. The lowest BCUT2D eigenvalue weighted by Crippen LogP contribution is -2.38. The average molecular weight is 339 g/mol. The molecule has 0 bridgehead atoms. The van der Waals surface area contributed by atoms with E-state index in [2.05, 4.69) is 11.4 Å². The van der Waals surface area contributed by atoms with Crippen LogP contribution in [0, 0.1) is 0 Å². The van der Waals surface area contributed by atoms with E-state index >= 15 is 0 Å². The van der Waals surface area contributed by atoms with E-state index in [4.69, 9.17) is 16.3 Å². The molecule has 0 saturated carbocycles. The van der Waals surface area contributed by atoms with Crippen LogP contribution in [0.25, 0.3) is 0 Å². The molecule has 0 aliphatic carbocycles. The zero-order chi connectivity index (χ0) is 16.9. The van der Waals surface area contributed by atoms with E-state index in [0.29, 0.717) is 6.04 Å². The third-order valence-corrected chi connectivity index (χ3v) is 4.10. The van der Waals surface area contributed by atoms with Crippen molar-refractivity contribution >= 4 is 17.7 Å². The molecule has 0 radical (unpaired) electrons. The summed E-state index contributed by atoms with van der Waals surface area (Å²) in [7, 11) is 0. The second kappa shape index (κ2) is 8.02. The minimum atomic E-state index is -0.437. The highest BCUT2D eigenvalue weighted by Crippen LogP contribution is 2.16. The van der Waals surface area contributed by atoms with Crippen molar-refractivity contribution in [1.82, 2.24) is 10.2 Å². The fourth-order valence-electron chi connectivity index (χ4n) is 2.72. The molecular formula is C18H27ClN2O2. The summed E-state index contributed by atoms with van der Waals surface area (Å²) in [4.78, 5) is 14.0. The number of rotatable bonds is 3. The van der Waals surface area contributed by atoms with Crippen molar-refractivity contribution in [2.75, 3.05) is 13.1 Å². The fourth-order valence-corrected chi connectivity index (χ4v) is 2.93. The molecule has 128 valence electrons. The molecule has 2 rings (SSSR count). The van der Waals surface area contributed by atoms with Crippen molar-refractivity contribution in [1.29, 1.82) is 0 Å². The van der Waals surface area contributed by atoms with Crippen molar-refractivity contribution in [2.45, 2.75) is 58.2 Å². The highest BCUT2D eigenvalue weighted by Gasteiger charge is 2.24. The Labute approximate surface area is 144 Å². The van der Waals surface area contributed by atoms with Gasteiger partial charge in [0.15, 0.2) is 0 Å². The molecule has 1 heterocycles. The second-order valence-electron chi connectivity index (χ2n) is 7.11. The SMILES string of the molecule is CC(C)(C)OC(=O)N1CCCC(NCc2cccc(Cl)c2)CC1. The Morgan fingerprint density at radius 2 is 2.13 bits per heavy atom. The lowest BCUT2D eigenvalue weighted by molar-refractivity contribution is 0.0256. The molecule has 1 N–H and O–H groups in total. The topological polar surface area (TPSA) is 41.6 Å². The molecule has 1 atom stereocenters. The number of halogens is 1. The number of likely N-dealkylation sites (tertiary alicyclic amines) is 1. The average Bonchev–Trinajstić information content (AvgIpc) is 2.69. The predicted molar refractivity (Wildman–Crippen MR) is 93.7 cm³/mol. The third kappa shape index (κ3) is 6.40. The standard InChI is InChI=1S/C18H27ClN2O2/c1-18(2,3)23-17(22)21-10-5-8-16(9-11-21)20-13-14-6-4-7-15(19)12-14/h4,6-7,12,16,20H,5,8-11,13H2,1-3H3. The van der Waals surface area contributed by atoms with Gasteiger partial charge in [-0.25, -0.2) is 4.79 Å². The van der Waals surface area contributed by atoms with Gasteiger partial charge in [0.25, 0.3) is 0 Å². The van der Waals surface area contributed by atoms with Gasteiger partial charge in [-0.2, -0.15) is 0 Å². The zero-order valence-corrected chi connectivity index (χ0v) is 15.0. The minimum absolute atomic E-state index is 0.201. The van der Waals surface area contributed by atoms with E-state index in [1.807, 2.05) is 43.9 Å². The van der Waals surface area contributed by atoms with Crippen molar-refractivity contribution < 1.29 is 9.53 Å². The monoisotopic (exact) mass is 338 g/mol. The Morgan fingerprint density at radius 3 is 2.83 bits per heavy atom. The summed E-state index contributed by atoms with van der Waals surface area (Å²) >= 11 is 6.01. The van der Waals surface area contributed by atoms with Crippen LogP contribution in [0.15, 0.2) is 24.3 Å². The van der Waals surface area contributed by atoms with Gasteiger partial charge in [0, 0.05) is 30.7 Å². The van der Waals surface area contributed by atoms with Crippen LogP contribution in [-0.4, -0.2) is 35.7 Å². The van der Waals surface area contributed by atoms with Gasteiger partial charge >= 0.3 is 6.09 Å². The summed E-state index contributed by atoms with van der Waals surface area (Å²) in [5, 5.41) is 4.34. The summed E-state index contributed by atoms with van der Waals surface area (Å²) < 4.78 is 5.46. The number of ether oxygens (including phenoxy) is 1. The first-order valence-electron chi connectivity index (χ1n) is 8.29. The minimum Gasteiger partial charge on any atom is -0.444 e. The zero-order valence-electron chi connectivity index (χ0n) is 14.3. The Balaban J connectivity index is 1.80. The number of hydrogen-bond donors (Lipinski definition) is 1. The Kier molecular flexibility index (Phi) is 6.31. The van der Waals surface area contributed by atoms with E-state index in [-0.39, 0.29) is 6.09 Å². The highest BCUT2D eigenvalue weighted by atomic mass is 35.5. The van der Waals surface area contributed by atoms with E-state index < -0.39 is 5.60 Å². The van der Waals surface area contributed by atoms with E-state index in [9.17, 15) is 4.79 Å². The molecule has 1 aliphatic rings. The van der Waals surface area contributed by atoms with Crippen molar-refractivity contribution in [3.8, 4) is 0 Å². The lowest BCUT2D eigenvalue weighted by atomic mass is 10.1. The number of carbonyl (C=O) groups excluding carboxylic acids is 1. The normalized spacial score (nSPS) is 19.3. The summed E-state index contributed by atoms with van der Waals surface area (Å²) in [5.41, 5.74) is 0.749. The number of amides is 1. The summed E-state index contributed by atoms with van der Waals surface area (Å²) in [5.74, 6) is 0. The van der Waals surface area contributed by atoms with Crippen LogP contribution in [0.2, 0.25) is 5.02 Å². The Hall–Kier alpha value is -1.26. The van der Waals surface area contributed by atoms with Crippen LogP contribution < -0.4 is 5.32 Å². The third-order valence-electron chi connectivity index (χ3n) is 3.86. The van der Waals surface area contributed by atoms with Crippen molar-refractivity contribution in [3.05, 3.63) is 34.9 Å². The molecule has 4 nitrogen and oxygen atoms in total. The van der Waals surface area contributed by atoms with Crippen LogP contribution in [0.5, 0.6) is 0 Å². The summed E-state index contributed by atoms with van der Waals surface area (Å²) in [6, 6.07) is 8.33. The van der Waals surface area contributed by atoms with Gasteiger partial charge in [-0.1, -0.05) is 23.7 Å². The van der Waals surface area contributed by atoms with Gasteiger partial charge in [0.1, 0.15) is 5.60 Å². The quantitative estimate of drug-likeness (QED) is 0.897. The highest BCUT2D eigenvalue weighted by molar-refractivity contribution is 6.30. The smallest absolute Gasteiger partial charge is 0.410 e. The first-order valence-corrected chi connectivity index (χ1v) is 8.67. The van der Waals surface area contributed by atoms with Gasteiger partial charge in [0.05, 0.1) is 0 Å². The Morgan fingerprint density at radius 1 is 1.35 bits per heavy atom. The fraction of sp³-hybridized carbons (Fsp3) is 0.611. The molecule has 0 spiro atoms. The number of nitrogens with one attached hydrogen (secondary N) is 1. The second-order valence-corrected chi connectivity index (χ2v) is 7.54. The number of carbonyl (C=O) groups is 1. The summed E-state index contributed by atoms with van der Waals surface area (Å²) in [6.07, 6.45) is 2.81. The van der Waals surface area contributed by atoms with E-state index in [1.54, 1.807) is 0 Å². The van der Waals surface area contributed by atoms with Crippen LogP contribution >= 0.6 is 11.6 Å². The maximum absolute atomic E-state index is 12.2. The van der Waals surface area contributed by atoms with E-state index in [1.165, 1.54) is 5.56 Å². The molecular weight excluding hydrogens is 312 g/mol. The van der Waals surface area contributed by atoms with Crippen LogP contribution in [-0.2, 0) is 11.3 Å². The predicted octanol–water partition coefficient (Wildman–Crippen LogP) is 4.22. The summed E-state index contributed by atoms with van der Waals surface area (Å²) in [6.45, 7) is 8.01. The van der Waals surface area contributed by atoms with Gasteiger partial charge in [-0.3, -0.25) is 0 Å². The van der Waals surface area contributed by atoms with Crippen LogP contribution in [0.1, 0.15) is 45.6 Å². The first kappa shape index (κ1) is 18.1.